The summed E-state index contributed by atoms with van der Waals surface area (Å²) in [5.74, 6) is 2.08. The van der Waals surface area contributed by atoms with Crippen molar-refractivity contribution in [3.8, 4) is 28.7 Å². The van der Waals surface area contributed by atoms with Gasteiger partial charge < -0.3 is 13.9 Å². The molecule has 7 aromatic rings. The van der Waals surface area contributed by atoms with Gasteiger partial charge in [0.1, 0.15) is 5.82 Å². The molecule has 0 aliphatic heterocycles. The maximum Gasteiger partial charge on any atom is 0.267 e. The van der Waals surface area contributed by atoms with Gasteiger partial charge >= 0.3 is 0 Å². The first-order valence-electron chi connectivity index (χ1n) is 16.6. The monoisotopic (exact) mass is 825 g/mol. The number of ether oxygens (including phenoxy) is 1. The first-order valence-corrected chi connectivity index (χ1v) is 16.6. The number of rotatable bonds is 5. The predicted molar refractivity (Wildman–Crippen MR) is 194 cm³/mol. The topological polar surface area (TPSA) is 35.9 Å². The molecule has 3 heterocycles. The van der Waals surface area contributed by atoms with Crippen molar-refractivity contribution >= 4 is 21.8 Å². The van der Waals surface area contributed by atoms with Gasteiger partial charge in [-0.05, 0) is 89.2 Å². The van der Waals surface area contributed by atoms with E-state index in [0.717, 1.165) is 44.7 Å². The van der Waals surface area contributed by atoms with E-state index in [1.54, 1.807) is 0 Å². The van der Waals surface area contributed by atoms with Crippen molar-refractivity contribution in [3.05, 3.63) is 138 Å². The van der Waals surface area contributed by atoms with Gasteiger partial charge in [0.25, 0.3) is 6.33 Å². The van der Waals surface area contributed by atoms with Crippen LogP contribution in [0.2, 0.25) is 0 Å². The quantitative estimate of drug-likeness (QED) is 0.128. The smallest absolute Gasteiger partial charge is 0.267 e. The Balaban J connectivity index is 0.00000417. The molecule has 0 amide bonds. The Kier molecular flexibility index (Phi) is 8.96. The third-order valence-electron chi connectivity index (χ3n) is 9.37. The molecule has 7 rings (SSSR count). The number of hydrogen-bond donors (Lipinski definition) is 0. The van der Waals surface area contributed by atoms with Crippen LogP contribution in [0.25, 0.3) is 39.0 Å². The maximum atomic E-state index is 6.47. The molecule has 49 heavy (non-hydrogen) atoms. The summed E-state index contributed by atoms with van der Waals surface area (Å²) in [6.07, 6.45) is 7.65. The SMILES string of the molecule is Cc1ccc(-[n+]2[c-]n(-c3[c-]c(Oc4[c-]c5c(cc4)c4ccccc4n5-c4cc(C(C)(C)C)ccn4)ccc3)cc2C(C)(C)C)c(C)c1C.[Pt]. The fraction of sp³-hybridized carbons (Fsp3) is 0.256. The maximum absolute atomic E-state index is 6.47. The number of aromatic nitrogens is 4. The second kappa shape index (κ2) is 12.8. The van der Waals surface area contributed by atoms with Crippen LogP contribution in [0, 0.1) is 39.2 Å². The number of para-hydroxylation sites is 1. The Bertz CT molecular complexity index is 2330. The van der Waals surface area contributed by atoms with Gasteiger partial charge in [-0.15, -0.1) is 29.7 Å². The van der Waals surface area contributed by atoms with Crippen LogP contribution in [0.3, 0.4) is 0 Å². The van der Waals surface area contributed by atoms with Crippen LogP contribution in [-0.4, -0.2) is 14.1 Å². The van der Waals surface area contributed by atoms with Gasteiger partial charge in [0.2, 0.25) is 0 Å². The molecule has 0 bridgehead atoms. The van der Waals surface area contributed by atoms with E-state index in [-0.39, 0.29) is 31.9 Å². The zero-order valence-electron chi connectivity index (χ0n) is 29.7. The number of benzene rings is 4. The van der Waals surface area contributed by atoms with Crippen LogP contribution in [0.5, 0.6) is 11.5 Å². The van der Waals surface area contributed by atoms with Gasteiger partial charge in [0, 0.05) is 50.5 Å². The number of nitrogens with zero attached hydrogens (tertiary/aromatic N) is 4. The second-order valence-electron chi connectivity index (χ2n) is 14.8. The fourth-order valence-electron chi connectivity index (χ4n) is 6.32. The molecule has 0 radical (unpaired) electrons. The van der Waals surface area contributed by atoms with Gasteiger partial charge in [-0.25, -0.2) is 4.98 Å². The minimum atomic E-state index is -0.106. The third-order valence-corrected chi connectivity index (χ3v) is 9.37. The van der Waals surface area contributed by atoms with E-state index >= 15 is 0 Å². The molecular weight excluding hydrogens is 784 g/mol. The zero-order chi connectivity index (χ0) is 34.0. The van der Waals surface area contributed by atoms with Crippen molar-refractivity contribution in [1.29, 1.82) is 0 Å². The van der Waals surface area contributed by atoms with Crippen LogP contribution in [0.4, 0.5) is 0 Å². The molecule has 5 nitrogen and oxygen atoms in total. The van der Waals surface area contributed by atoms with E-state index in [2.05, 4.69) is 151 Å². The van der Waals surface area contributed by atoms with E-state index in [4.69, 9.17) is 9.72 Å². The van der Waals surface area contributed by atoms with E-state index in [0.29, 0.717) is 11.5 Å². The summed E-state index contributed by atoms with van der Waals surface area (Å²) >= 11 is 0. The van der Waals surface area contributed by atoms with Gasteiger partial charge in [-0.1, -0.05) is 71.3 Å². The molecule has 0 atom stereocenters. The Hall–Kier alpha value is -4.47. The van der Waals surface area contributed by atoms with Crippen molar-refractivity contribution in [3.63, 3.8) is 0 Å². The molecule has 3 aromatic heterocycles. The first-order chi connectivity index (χ1) is 22.8. The number of hydrogen-bond acceptors (Lipinski definition) is 2. The minimum Gasteiger partial charge on any atom is -0.510 e. The number of fused-ring (bicyclic) bond motifs is 3. The van der Waals surface area contributed by atoms with Gasteiger partial charge in [0.05, 0.1) is 11.4 Å². The van der Waals surface area contributed by atoms with Gasteiger partial charge in [-0.3, -0.25) is 4.57 Å². The van der Waals surface area contributed by atoms with Crippen molar-refractivity contribution in [2.24, 2.45) is 0 Å². The van der Waals surface area contributed by atoms with Crippen LogP contribution >= 0.6 is 0 Å². The first kappa shape index (κ1) is 34.4. The van der Waals surface area contributed by atoms with Crippen molar-refractivity contribution in [2.75, 3.05) is 0 Å². The van der Waals surface area contributed by atoms with Crippen LogP contribution in [-0.2, 0) is 31.9 Å². The van der Waals surface area contributed by atoms with Crippen molar-refractivity contribution in [2.45, 2.75) is 73.1 Å². The van der Waals surface area contributed by atoms with Crippen LogP contribution in [0.1, 0.15) is 69.5 Å². The minimum absolute atomic E-state index is 0. The summed E-state index contributed by atoms with van der Waals surface area (Å²) in [6, 6.07) is 34.2. The number of pyridine rings is 1. The number of aryl methyl sites for hydroxylation is 1. The molecule has 0 saturated heterocycles. The normalized spacial score (nSPS) is 12.0. The molecular formula is C43H42N4OPt-2. The van der Waals surface area contributed by atoms with E-state index < -0.39 is 0 Å². The summed E-state index contributed by atoms with van der Waals surface area (Å²) in [7, 11) is 0. The fourth-order valence-corrected chi connectivity index (χ4v) is 6.32. The average Bonchev–Trinajstić information content (AvgIpc) is 3.64. The second-order valence-corrected chi connectivity index (χ2v) is 14.8. The summed E-state index contributed by atoms with van der Waals surface area (Å²) in [5.41, 5.74) is 10.1. The van der Waals surface area contributed by atoms with Crippen molar-refractivity contribution in [1.82, 2.24) is 14.1 Å². The van der Waals surface area contributed by atoms with Gasteiger partial charge in [-0.2, -0.15) is 18.2 Å². The summed E-state index contributed by atoms with van der Waals surface area (Å²) in [4.78, 5) is 4.80. The summed E-state index contributed by atoms with van der Waals surface area (Å²) in [6.45, 7) is 19.9. The molecule has 0 N–H and O–H groups in total. The Morgan fingerprint density at radius 1 is 0.735 bits per heavy atom. The summed E-state index contributed by atoms with van der Waals surface area (Å²) in [5, 5.41) is 2.25. The molecule has 0 saturated carbocycles. The summed E-state index contributed by atoms with van der Waals surface area (Å²) < 4.78 is 12.9. The van der Waals surface area contributed by atoms with E-state index in [1.165, 1.54) is 22.3 Å². The number of imidazole rings is 1. The molecule has 0 spiro atoms. The van der Waals surface area contributed by atoms with Gasteiger partial charge in [0.15, 0.2) is 0 Å². The Morgan fingerprint density at radius 2 is 1.49 bits per heavy atom. The third kappa shape index (κ3) is 6.37. The Morgan fingerprint density at radius 3 is 2.24 bits per heavy atom. The molecule has 252 valence electrons. The molecule has 6 heteroatoms. The van der Waals surface area contributed by atoms with Crippen LogP contribution in [0.15, 0.2) is 91.3 Å². The molecule has 0 fully saturated rings. The predicted octanol–water partition coefficient (Wildman–Crippen LogP) is 9.96. The molecule has 4 aromatic carbocycles. The molecule has 0 aliphatic carbocycles. The molecule has 0 unspecified atom stereocenters. The standard InChI is InChI=1S/C43H42N4O.Pt/c1-28-17-20-37(30(3)29(28)2)46-27-45(26-40(46)43(7,8)9)32-13-12-14-33(24-32)48-34-18-19-36-35-15-10-11-16-38(35)47(39(36)25-34)41-23-31(21-22-44-41)42(4,5)6;/h10-23,26H,1-9H3;/q-2;. The average molecular weight is 826 g/mol. The van der Waals surface area contributed by atoms with Crippen molar-refractivity contribution < 1.29 is 30.4 Å². The Labute approximate surface area is 304 Å². The zero-order valence-corrected chi connectivity index (χ0v) is 31.9. The van der Waals surface area contributed by atoms with E-state index in [1.807, 2.05) is 35.0 Å². The van der Waals surface area contributed by atoms with E-state index in [9.17, 15) is 0 Å². The largest absolute Gasteiger partial charge is 0.510 e. The van der Waals surface area contributed by atoms with Crippen LogP contribution < -0.4 is 9.30 Å². The molecule has 0 aliphatic rings.